The molecule has 1 fully saturated rings. The summed E-state index contributed by atoms with van der Waals surface area (Å²) in [5.41, 5.74) is 0.656. The molecule has 6 heteroatoms. The first-order chi connectivity index (χ1) is 12.0. The molecule has 2 amide bonds. The normalized spacial score (nSPS) is 14.8. The van der Waals surface area contributed by atoms with Crippen LogP contribution in [0.1, 0.15) is 43.5 Å². The van der Waals surface area contributed by atoms with E-state index in [0.29, 0.717) is 50.4 Å². The first-order valence-corrected chi connectivity index (χ1v) is 8.74. The van der Waals surface area contributed by atoms with Crippen molar-refractivity contribution in [1.29, 1.82) is 0 Å². The first-order valence-electron chi connectivity index (χ1n) is 8.74. The summed E-state index contributed by atoms with van der Waals surface area (Å²) in [5.74, 6) is 0.904. The number of amides is 2. The lowest BCUT2D eigenvalue weighted by Crippen LogP contribution is -2.36. The molecule has 1 aromatic carbocycles. The number of Topliss-reactive ketones (excluding diaryl/α,β-unsaturated/α-hetero) is 1. The van der Waals surface area contributed by atoms with Crippen molar-refractivity contribution in [3.05, 3.63) is 29.8 Å². The minimum Gasteiger partial charge on any atom is -0.494 e. The average molecular weight is 346 g/mol. The summed E-state index contributed by atoms with van der Waals surface area (Å²) in [7, 11) is 0. The van der Waals surface area contributed by atoms with Crippen molar-refractivity contribution >= 4 is 17.6 Å². The molecule has 0 unspecified atom stereocenters. The Kier molecular flexibility index (Phi) is 6.98. The highest BCUT2D eigenvalue weighted by Gasteiger charge is 2.19. The van der Waals surface area contributed by atoms with E-state index in [9.17, 15) is 14.4 Å². The van der Waals surface area contributed by atoms with Gasteiger partial charge in [-0.1, -0.05) is 0 Å². The minimum absolute atomic E-state index is 0.0259. The highest BCUT2D eigenvalue weighted by atomic mass is 16.5. The van der Waals surface area contributed by atoms with Gasteiger partial charge in [0.1, 0.15) is 5.75 Å². The number of carbonyl (C=O) groups is 3. The van der Waals surface area contributed by atoms with E-state index in [0.717, 1.165) is 13.0 Å². The lowest BCUT2D eigenvalue weighted by molar-refractivity contribution is -0.132. The number of benzene rings is 1. The van der Waals surface area contributed by atoms with E-state index in [2.05, 4.69) is 0 Å². The van der Waals surface area contributed by atoms with Crippen LogP contribution in [-0.4, -0.2) is 60.2 Å². The Balaban J connectivity index is 1.69. The second kappa shape index (κ2) is 9.20. The van der Waals surface area contributed by atoms with Crippen molar-refractivity contribution in [1.82, 2.24) is 9.80 Å². The number of hydrogen-bond acceptors (Lipinski definition) is 4. The predicted molar refractivity (Wildman–Crippen MR) is 94.6 cm³/mol. The number of rotatable bonds is 6. The summed E-state index contributed by atoms with van der Waals surface area (Å²) in [6.45, 7) is 6.19. The van der Waals surface area contributed by atoms with Gasteiger partial charge in [0.25, 0.3) is 0 Å². The Morgan fingerprint density at radius 1 is 0.960 bits per heavy atom. The highest BCUT2D eigenvalue weighted by molar-refractivity contribution is 5.94. The maximum Gasteiger partial charge on any atom is 0.222 e. The third-order valence-corrected chi connectivity index (χ3v) is 4.36. The van der Waals surface area contributed by atoms with Gasteiger partial charge in [0.15, 0.2) is 5.78 Å². The van der Waals surface area contributed by atoms with Gasteiger partial charge in [0.2, 0.25) is 11.8 Å². The fourth-order valence-corrected chi connectivity index (χ4v) is 2.84. The molecule has 0 spiro atoms. The Hall–Kier alpha value is -2.37. The Morgan fingerprint density at radius 2 is 1.60 bits per heavy atom. The van der Waals surface area contributed by atoms with Crippen LogP contribution in [0.15, 0.2) is 24.3 Å². The van der Waals surface area contributed by atoms with Crippen LogP contribution in [0.4, 0.5) is 0 Å². The second-order valence-electron chi connectivity index (χ2n) is 6.27. The molecule has 1 aliphatic rings. The lowest BCUT2D eigenvalue weighted by atomic mass is 10.1. The molecule has 1 aromatic rings. The lowest BCUT2D eigenvalue weighted by Gasteiger charge is -2.21. The fraction of sp³-hybridized carbons (Fsp3) is 0.526. The fourth-order valence-electron chi connectivity index (χ4n) is 2.84. The van der Waals surface area contributed by atoms with Crippen molar-refractivity contribution < 1.29 is 19.1 Å². The molecular formula is C19H26N2O4. The van der Waals surface area contributed by atoms with Gasteiger partial charge in [-0.3, -0.25) is 14.4 Å². The number of ketones is 1. The number of carbonyl (C=O) groups excluding carboxylic acids is 3. The van der Waals surface area contributed by atoms with Crippen molar-refractivity contribution in [2.24, 2.45) is 0 Å². The molecule has 136 valence electrons. The van der Waals surface area contributed by atoms with Crippen LogP contribution in [0.3, 0.4) is 0 Å². The molecule has 6 nitrogen and oxygen atoms in total. The van der Waals surface area contributed by atoms with Crippen molar-refractivity contribution in [3.63, 3.8) is 0 Å². The summed E-state index contributed by atoms with van der Waals surface area (Å²) < 4.78 is 5.62. The Bertz CT molecular complexity index is 612. The molecule has 1 aliphatic heterocycles. The average Bonchev–Trinajstić information content (AvgIpc) is 2.85. The predicted octanol–water partition coefficient (Wildman–Crippen LogP) is 2.13. The molecule has 0 bridgehead atoms. The second-order valence-corrected chi connectivity index (χ2v) is 6.27. The molecule has 1 heterocycles. The van der Waals surface area contributed by atoms with Crippen LogP contribution in [-0.2, 0) is 9.59 Å². The van der Waals surface area contributed by atoms with Gasteiger partial charge in [-0.15, -0.1) is 0 Å². The summed E-state index contributed by atoms with van der Waals surface area (Å²) in [6, 6.07) is 7.01. The van der Waals surface area contributed by atoms with Gasteiger partial charge in [-0.05, 0) is 44.0 Å². The molecule has 0 radical (unpaired) electrons. The van der Waals surface area contributed by atoms with Crippen molar-refractivity contribution in [2.45, 2.75) is 33.1 Å². The largest absolute Gasteiger partial charge is 0.494 e. The van der Waals surface area contributed by atoms with Gasteiger partial charge in [-0.2, -0.15) is 0 Å². The van der Waals surface area contributed by atoms with Gasteiger partial charge < -0.3 is 14.5 Å². The van der Waals surface area contributed by atoms with E-state index in [1.165, 1.54) is 6.92 Å². The zero-order valence-electron chi connectivity index (χ0n) is 15.0. The van der Waals surface area contributed by atoms with E-state index in [4.69, 9.17) is 4.74 Å². The van der Waals surface area contributed by atoms with Gasteiger partial charge >= 0.3 is 0 Å². The molecule has 0 N–H and O–H groups in total. The maximum absolute atomic E-state index is 12.3. The molecule has 1 saturated heterocycles. The van der Waals surface area contributed by atoms with Gasteiger partial charge in [-0.25, -0.2) is 0 Å². The van der Waals surface area contributed by atoms with Gasteiger partial charge in [0.05, 0.1) is 6.61 Å². The first kappa shape index (κ1) is 19.0. The number of ether oxygens (including phenoxy) is 1. The standard InChI is InChI=1S/C19H26N2O4/c1-15(22)17-6-8-18(9-7-17)25-14-3-5-19(24)21-11-4-10-20(12-13-21)16(2)23/h6-9H,3-5,10-14H2,1-2H3. The van der Waals surface area contributed by atoms with E-state index in [1.807, 2.05) is 4.90 Å². The summed E-state index contributed by atoms with van der Waals surface area (Å²) in [4.78, 5) is 38.6. The smallest absolute Gasteiger partial charge is 0.222 e. The third kappa shape index (κ3) is 5.89. The van der Waals surface area contributed by atoms with Crippen LogP contribution in [0.25, 0.3) is 0 Å². The Labute approximate surface area is 148 Å². The molecule has 0 saturated carbocycles. The number of nitrogens with zero attached hydrogens (tertiary/aromatic N) is 2. The highest BCUT2D eigenvalue weighted by Crippen LogP contribution is 2.13. The quantitative estimate of drug-likeness (QED) is 0.585. The Morgan fingerprint density at radius 3 is 2.24 bits per heavy atom. The van der Waals surface area contributed by atoms with Crippen LogP contribution in [0.5, 0.6) is 5.75 Å². The van der Waals surface area contributed by atoms with E-state index in [-0.39, 0.29) is 17.6 Å². The van der Waals surface area contributed by atoms with Crippen LogP contribution in [0, 0.1) is 0 Å². The monoisotopic (exact) mass is 346 g/mol. The zero-order valence-corrected chi connectivity index (χ0v) is 15.0. The number of hydrogen-bond donors (Lipinski definition) is 0. The minimum atomic E-state index is 0.0259. The molecule has 25 heavy (non-hydrogen) atoms. The molecule has 0 atom stereocenters. The molecule has 2 rings (SSSR count). The van der Waals surface area contributed by atoms with Crippen LogP contribution >= 0.6 is 0 Å². The third-order valence-electron chi connectivity index (χ3n) is 4.36. The molecular weight excluding hydrogens is 320 g/mol. The van der Waals surface area contributed by atoms with Crippen LogP contribution < -0.4 is 4.74 Å². The maximum atomic E-state index is 12.3. The molecule has 0 aromatic heterocycles. The van der Waals surface area contributed by atoms with E-state index >= 15 is 0 Å². The van der Waals surface area contributed by atoms with Crippen LogP contribution in [0.2, 0.25) is 0 Å². The SMILES string of the molecule is CC(=O)c1ccc(OCCCC(=O)N2CCCN(C(C)=O)CC2)cc1. The van der Waals surface area contributed by atoms with E-state index < -0.39 is 0 Å². The summed E-state index contributed by atoms with van der Waals surface area (Å²) in [6.07, 6.45) is 1.90. The van der Waals surface area contributed by atoms with Crippen molar-refractivity contribution in [2.75, 3.05) is 32.8 Å². The summed E-state index contributed by atoms with van der Waals surface area (Å²) >= 11 is 0. The zero-order chi connectivity index (χ0) is 18.2. The topological polar surface area (TPSA) is 66.9 Å². The van der Waals surface area contributed by atoms with Gasteiger partial charge in [0, 0.05) is 45.1 Å². The summed E-state index contributed by atoms with van der Waals surface area (Å²) in [5, 5.41) is 0. The molecule has 0 aliphatic carbocycles. The van der Waals surface area contributed by atoms with Crippen molar-refractivity contribution in [3.8, 4) is 5.75 Å². The van der Waals surface area contributed by atoms with E-state index in [1.54, 1.807) is 36.1 Å².